The lowest BCUT2D eigenvalue weighted by Crippen LogP contribution is -2.29. The quantitative estimate of drug-likeness (QED) is 0.820. The second-order valence-corrected chi connectivity index (χ2v) is 5.97. The van der Waals surface area contributed by atoms with Gasteiger partial charge in [-0.3, -0.25) is 9.69 Å². The molecule has 0 saturated carbocycles. The van der Waals surface area contributed by atoms with Crippen molar-refractivity contribution in [2.45, 2.75) is 6.54 Å². The van der Waals surface area contributed by atoms with Crippen molar-refractivity contribution in [1.82, 2.24) is 4.90 Å². The van der Waals surface area contributed by atoms with Gasteiger partial charge in [0.2, 0.25) is 12.7 Å². The standard InChI is InChI=1S/C19H22N2O5/c1-21(10-13-4-7-16-18(8-13)26-12-25-16)11-19(22)20-15-6-5-14(23-2)9-17(15)24-3/h4-9H,10-12H2,1-3H3,(H,20,22). The number of carbonyl (C=O) groups is 1. The first-order valence-electron chi connectivity index (χ1n) is 8.18. The van der Waals surface area contributed by atoms with Crippen molar-refractivity contribution >= 4 is 11.6 Å². The summed E-state index contributed by atoms with van der Waals surface area (Å²) >= 11 is 0. The van der Waals surface area contributed by atoms with E-state index >= 15 is 0 Å². The van der Waals surface area contributed by atoms with E-state index in [9.17, 15) is 4.79 Å². The monoisotopic (exact) mass is 358 g/mol. The molecule has 7 nitrogen and oxygen atoms in total. The first-order chi connectivity index (χ1) is 12.6. The summed E-state index contributed by atoms with van der Waals surface area (Å²) in [4.78, 5) is 14.3. The average Bonchev–Trinajstić information content (AvgIpc) is 3.09. The number of anilines is 1. The van der Waals surface area contributed by atoms with Crippen molar-refractivity contribution in [2.24, 2.45) is 0 Å². The Morgan fingerprint density at radius 3 is 2.69 bits per heavy atom. The van der Waals surface area contributed by atoms with Gasteiger partial charge in [-0.1, -0.05) is 6.07 Å². The molecule has 0 radical (unpaired) electrons. The van der Waals surface area contributed by atoms with Crippen LogP contribution in [-0.4, -0.2) is 45.4 Å². The Bertz CT molecular complexity index is 793. The molecule has 2 aromatic carbocycles. The van der Waals surface area contributed by atoms with Crippen LogP contribution in [0, 0.1) is 0 Å². The molecule has 0 fully saturated rings. The molecule has 1 aliphatic rings. The fourth-order valence-corrected chi connectivity index (χ4v) is 2.74. The lowest BCUT2D eigenvalue weighted by atomic mass is 10.2. The largest absolute Gasteiger partial charge is 0.497 e. The van der Waals surface area contributed by atoms with Gasteiger partial charge in [-0.25, -0.2) is 0 Å². The molecule has 1 amide bonds. The molecule has 26 heavy (non-hydrogen) atoms. The minimum Gasteiger partial charge on any atom is -0.497 e. The summed E-state index contributed by atoms with van der Waals surface area (Å²) < 4.78 is 21.1. The first-order valence-corrected chi connectivity index (χ1v) is 8.18. The Morgan fingerprint density at radius 1 is 1.12 bits per heavy atom. The number of ether oxygens (including phenoxy) is 4. The Labute approximate surface area is 152 Å². The van der Waals surface area contributed by atoms with E-state index in [1.165, 1.54) is 0 Å². The van der Waals surface area contributed by atoms with E-state index in [1.807, 2.05) is 30.1 Å². The number of benzene rings is 2. The highest BCUT2D eigenvalue weighted by Gasteiger charge is 2.15. The molecule has 0 aliphatic carbocycles. The van der Waals surface area contributed by atoms with Crippen LogP contribution in [0.15, 0.2) is 36.4 Å². The molecule has 1 heterocycles. The predicted octanol–water partition coefficient (Wildman–Crippen LogP) is 2.50. The minimum atomic E-state index is -0.128. The van der Waals surface area contributed by atoms with Crippen LogP contribution in [0.25, 0.3) is 0 Å². The van der Waals surface area contributed by atoms with Gasteiger partial charge in [0.05, 0.1) is 26.5 Å². The topological polar surface area (TPSA) is 69.3 Å². The molecular weight excluding hydrogens is 336 g/mol. The van der Waals surface area contributed by atoms with Gasteiger partial charge < -0.3 is 24.3 Å². The maximum absolute atomic E-state index is 12.3. The van der Waals surface area contributed by atoms with Gasteiger partial charge in [-0.05, 0) is 36.9 Å². The number of nitrogens with zero attached hydrogens (tertiary/aromatic N) is 1. The van der Waals surface area contributed by atoms with Crippen LogP contribution < -0.4 is 24.3 Å². The van der Waals surface area contributed by atoms with Crippen LogP contribution >= 0.6 is 0 Å². The van der Waals surface area contributed by atoms with Gasteiger partial charge in [0.25, 0.3) is 0 Å². The third-order valence-electron chi connectivity index (χ3n) is 3.99. The lowest BCUT2D eigenvalue weighted by molar-refractivity contribution is -0.117. The molecule has 1 N–H and O–H groups in total. The second kappa shape index (κ2) is 7.97. The summed E-state index contributed by atoms with van der Waals surface area (Å²) in [5, 5.41) is 2.87. The highest BCUT2D eigenvalue weighted by Crippen LogP contribution is 2.33. The molecule has 0 spiro atoms. The molecule has 138 valence electrons. The molecule has 1 aliphatic heterocycles. The number of fused-ring (bicyclic) bond motifs is 1. The van der Waals surface area contributed by atoms with E-state index in [-0.39, 0.29) is 19.2 Å². The maximum atomic E-state index is 12.3. The number of rotatable bonds is 7. The molecule has 0 bridgehead atoms. The third-order valence-corrected chi connectivity index (χ3v) is 3.99. The van der Waals surface area contributed by atoms with E-state index < -0.39 is 0 Å². The van der Waals surface area contributed by atoms with E-state index in [0.29, 0.717) is 23.7 Å². The molecule has 0 saturated heterocycles. The van der Waals surface area contributed by atoms with Crippen LogP contribution in [0.3, 0.4) is 0 Å². The summed E-state index contributed by atoms with van der Waals surface area (Å²) in [6.07, 6.45) is 0. The average molecular weight is 358 g/mol. The van der Waals surface area contributed by atoms with Crippen LogP contribution in [-0.2, 0) is 11.3 Å². The summed E-state index contributed by atoms with van der Waals surface area (Å²) in [7, 11) is 5.02. The highest BCUT2D eigenvalue weighted by molar-refractivity contribution is 5.93. The molecule has 2 aromatic rings. The van der Waals surface area contributed by atoms with E-state index in [1.54, 1.807) is 32.4 Å². The number of hydrogen-bond acceptors (Lipinski definition) is 6. The van der Waals surface area contributed by atoms with Crippen molar-refractivity contribution in [1.29, 1.82) is 0 Å². The lowest BCUT2D eigenvalue weighted by Gasteiger charge is -2.17. The maximum Gasteiger partial charge on any atom is 0.238 e. The summed E-state index contributed by atoms with van der Waals surface area (Å²) in [6.45, 7) is 1.11. The van der Waals surface area contributed by atoms with E-state index in [0.717, 1.165) is 17.1 Å². The fraction of sp³-hybridized carbons (Fsp3) is 0.316. The third kappa shape index (κ3) is 4.18. The van der Waals surface area contributed by atoms with Crippen molar-refractivity contribution in [3.05, 3.63) is 42.0 Å². The molecule has 0 unspecified atom stereocenters. The number of hydrogen-bond donors (Lipinski definition) is 1. The zero-order valence-corrected chi connectivity index (χ0v) is 15.1. The van der Waals surface area contributed by atoms with Gasteiger partial charge in [-0.2, -0.15) is 0 Å². The van der Waals surface area contributed by atoms with Crippen LogP contribution in [0.4, 0.5) is 5.69 Å². The highest BCUT2D eigenvalue weighted by atomic mass is 16.7. The van der Waals surface area contributed by atoms with Crippen LogP contribution in [0.2, 0.25) is 0 Å². The van der Waals surface area contributed by atoms with E-state index in [4.69, 9.17) is 18.9 Å². The number of likely N-dealkylation sites (N-methyl/N-ethyl adjacent to an activating group) is 1. The van der Waals surface area contributed by atoms with Crippen molar-refractivity contribution in [3.63, 3.8) is 0 Å². The Morgan fingerprint density at radius 2 is 1.92 bits per heavy atom. The van der Waals surface area contributed by atoms with E-state index in [2.05, 4.69) is 5.32 Å². The Balaban J connectivity index is 1.57. The molecule has 0 atom stereocenters. The molecule has 3 rings (SSSR count). The zero-order chi connectivity index (χ0) is 18.5. The van der Waals surface area contributed by atoms with Crippen molar-refractivity contribution in [2.75, 3.05) is 39.9 Å². The smallest absolute Gasteiger partial charge is 0.238 e. The summed E-state index contributed by atoms with van der Waals surface area (Å²) in [6, 6.07) is 11.0. The zero-order valence-electron chi connectivity index (χ0n) is 15.1. The first kappa shape index (κ1) is 17.9. The number of nitrogens with one attached hydrogen (secondary N) is 1. The molecule has 0 aromatic heterocycles. The second-order valence-electron chi connectivity index (χ2n) is 5.97. The van der Waals surface area contributed by atoms with Gasteiger partial charge in [-0.15, -0.1) is 0 Å². The van der Waals surface area contributed by atoms with Crippen molar-refractivity contribution < 1.29 is 23.7 Å². The Hall–Kier alpha value is -2.93. The van der Waals surface area contributed by atoms with Gasteiger partial charge >= 0.3 is 0 Å². The van der Waals surface area contributed by atoms with Gasteiger partial charge in [0.1, 0.15) is 11.5 Å². The number of carbonyl (C=O) groups excluding carboxylic acids is 1. The van der Waals surface area contributed by atoms with Crippen molar-refractivity contribution in [3.8, 4) is 23.0 Å². The summed E-state index contributed by atoms with van der Waals surface area (Å²) in [5.74, 6) is 2.58. The number of amides is 1. The van der Waals surface area contributed by atoms with Crippen LogP contribution in [0.1, 0.15) is 5.56 Å². The minimum absolute atomic E-state index is 0.128. The normalized spacial score (nSPS) is 12.2. The van der Waals surface area contributed by atoms with Gasteiger partial charge in [0.15, 0.2) is 11.5 Å². The summed E-state index contributed by atoms with van der Waals surface area (Å²) in [5.41, 5.74) is 1.65. The Kier molecular flexibility index (Phi) is 5.48. The molecular formula is C19H22N2O5. The van der Waals surface area contributed by atoms with Gasteiger partial charge in [0, 0.05) is 12.6 Å². The molecule has 7 heteroatoms. The van der Waals surface area contributed by atoms with Crippen LogP contribution in [0.5, 0.6) is 23.0 Å². The predicted molar refractivity (Wildman–Crippen MR) is 97.1 cm³/mol. The number of methoxy groups -OCH3 is 2. The fourth-order valence-electron chi connectivity index (χ4n) is 2.74. The SMILES string of the molecule is COc1ccc(NC(=O)CN(C)Cc2ccc3c(c2)OCO3)c(OC)c1.